The van der Waals surface area contributed by atoms with E-state index < -0.39 is 0 Å². The zero-order chi connectivity index (χ0) is 56.7. The van der Waals surface area contributed by atoms with E-state index in [1.807, 2.05) is 30.3 Å². The molecule has 0 fully saturated rings. The SMILES string of the molecule is c1ccc(-n2c3ccccc3c3cc(-c4ccc(-c5ccc(-c6nc7cc(-c8ccc(-c9ccc(-n%10c%11ccccc%11c%11cc(-c%12ccc(-c%13ccc(-c%14nc%15ccccc%15o%14)cc%13)cc%12)ccc%11%10)cc9)cc8)ccc7o6)cc5)cc4)ccc32)cc1. The molecule has 0 aliphatic rings. The van der Waals surface area contributed by atoms with Crippen molar-refractivity contribution < 1.29 is 8.83 Å². The third-order valence-corrected chi connectivity index (χ3v) is 17.1. The van der Waals surface area contributed by atoms with Crippen molar-refractivity contribution in [2.24, 2.45) is 0 Å². The van der Waals surface area contributed by atoms with Crippen LogP contribution in [0.1, 0.15) is 0 Å². The second kappa shape index (κ2) is 20.1. The molecule has 0 bridgehead atoms. The third kappa shape index (κ3) is 8.50. The van der Waals surface area contributed by atoms with Crippen LogP contribution in [0, 0.1) is 0 Å². The summed E-state index contributed by atoms with van der Waals surface area (Å²) in [5.41, 5.74) is 26.0. The highest BCUT2D eigenvalue weighted by molar-refractivity contribution is 6.12. The molecule has 0 saturated heterocycles. The summed E-state index contributed by atoms with van der Waals surface area (Å²) >= 11 is 0. The van der Waals surface area contributed by atoms with Crippen LogP contribution in [0.5, 0.6) is 0 Å². The van der Waals surface area contributed by atoms with E-state index in [0.29, 0.717) is 11.8 Å². The maximum atomic E-state index is 6.34. The van der Waals surface area contributed by atoms with Gasteiger partial charge in [0.1, 0.15) is 11.0 Å². The maximum absolute atomic E-state index is 6.34. The molecule has 13 aromatic carbocycles. The van der Waals surface area contributed by atoms with Gasteiger partial charge in [-0.1, -0.05) is 194 Å². The summed E-state index contributed by atoms with van der Waals surface area (Å²) in [5, 5.41) is 4.94. The van der Waals surface area contributed by atoms with Crippen LogP contribution >= 0.6 is 0 Å². The molecule has 4 aromatic heterocycles. The highest BCUT2D eigenvalue weighted by atomic mass is 16.4. The van der Waals surface area contributed by atoms with Gasteiger partial charge in [-0.15, -0.1) is 0 Å². The van der Waals surface area contributed by atoms with Gasteiger partial charge in [0.25, 0.3) is 0 Å². The average Bonchev–Trinajstić information content (AvgIpc) is 2.63. The molecule has 0 radical (unpaired) electrons. The summed E-state index contributed by atoms with van der Waals surface area (Å²) in [4.78, 5) is 9.65. The summed E-state index contributed by atoms with van der Waals surface area (Å²) in [7, 11) is 0. The minimum absolute atomic E-state index is 0.604. The van der Waals surface area contributed by atoms with Crippen LogP contribution in [0.3, 0.4) is 0 Å². The number of aromatic nitrogens is 4. The van der Waals surface area contributed by atoms with Crippen molar-refractivity contribution in [2.45, 2.75) is 0 Å². The van der Waals surface area contributed by atoms with Gasteiger partial charge in [-0.2, -0.15) is 0 Å². The molecule has 0 spiro atoms. The maximum Gasteiger partial charge on any atom is 0.227 e. The van der Waals surface area contributed by atoms with Crippen LogP contribution in [0.25, 0.3) is 167 Å². The smallest absolute Gasteiger partial charge is 0.227 e. The van der Waals surface area contributed by atoms with E-state index in [2.05, 4.69) is 287 Å². The highest BCUT2D eigenvalue weighted by Crippen LogP contribution is 2.39. The zero-order valence-corrected chi connectivity index (χ0v) is 46.5. The Hall–Kier alpha value is -11.6. The molecule has 6 nitrogen and oxygen atoms in total. The number of benzene rings is 13. The van der Waals surface area contributed by atoms with Gasteiger partial charge in [0.05, 0.1) is 22.1 Å². The lowest BCUT2D eigenvalue weighted by Crippen LogP contribution is -1.93. The summed E-state index contributed by atoms with van der Waals surface area (Å²) < 4.78 is 17.1. The Morgan fingerprint density at radius 3 is 0.988 bits per heavy atom. The Kier molecular flexibility index (Phi) is 11.5. The molecule has 0 atom stereocenters. The van der Waals surface area contributed by atoms with Gasteiger partial charge in [0.15, 0.2) is 11.2 Å². The Morgan fingerprint density at radius 1 is 0.209 bits per heavy atom. The fourth-order valence-corrected chi connectivity index (χ4v) is 12.6. The lowest BCUT2D eigenvalue weighted by Gasteiger charge is -2.10. The lowest BCUT2D eigenvalue weighted by atomic mass is 9.98. The summed E-state index contributed by atoms with van der Waals surface area (Å²) in [6, 6.07) is 108. The van der Waals surface area contributed by atoms with Crippen molar-refractivity contribution in [1.82, 2.24) is 19.1 Å². The Labute approximate surface area is 495 Å². The largest absolute Gasteiger partial charge is 0.436 e. The highest BCUT2D eigenvalue weighted by Gasteiger charge is 2.17. The van der Waals surface area contributed by atoms with Crippen LogP contribution < -0.4 is 0 Å². The van der Waals surface area contributed by atoms with Gasteiger partial charge in [0, 0.05) is 44.0 Å². The molecule has 0 saturated carbocycles. The number of rotatable bonds is 10. The minimum atomic E-state index is 0.604. The molecule has 0 N–H and O–H groups in total. The van der Waals surface area contributed by atoms with Crippen molar-refractivity contribution in [3.05, 3.63) is 303 Å². The predicted molar refractivity (Wildman–Crippen MR) is 354 cm³/mol. The molecule has 17 aromatic rings. The molecular formula is C80H50N4O2. The molecule has 17 rings (SSSR count). The molecule has 402 valence electrons. The van der Waals surface area contributed by atoms with Gasteiger partial charge >= 0.3 is 0 Å². The molecule has 0 unspecified atom stereocenters. The Bertz CT molecular complexity index is 5370. The fourth-order valence-electron chi connectivity index (χ4n) is 12.6. The Morgan fingerprint density at radius 2 is 0.523 bits per heavy atom. The first-order valence-corrected chi connectivity index (χ1v) is 29.1. The molecule has 4 heterocycles. The normalized spacial score (nSPS) is 11.7. The number of hydrogen-bond acceptors (Lipinski definition) is 4. The first-order chi connectivity index (χ1) is 42.6. The van der Waals surface area contributed by atoms with Gasteiger partial charge in [-0.05, 0) is 176 Å². The van der Waals surface area contributed by atoms with Crippen LogP contribution in [0.4, 0.5) is 0 Å². The first-order valence-electron chi connectivity index (χ1n) is 29.1. The molecule has 86 heavy (non-hydrogen) atoms. The predicted octanol–water partition coefficient (Wildman–Crippen LogP) is 21.5. The molecule has 0 aliphatic heterocycles. The van der Waals surface area contributed by atoms with Crippen LogP contribution in [-0.2, 0) is 0 Å². The van der Waals surface area contributed by atoms with Gasteiger partial charge in [-0.3, -0.25) is 0 Å². The van der Waals surface area contributed by atoms with Crippen molar-refractivity contribution in [3.63, 3.8) is 0 Å². The minimum Gasteiger partial charge on any atom is -0.436 e. The van der Waals surface area contributed by atoms with Gasteiger partial charge < -0.3 is 18.0 Å². The third-order valence-electron chi connectivity index (χ3n) is 17.1. The van der Waals surface area contributed by atoms with Gasteiger partial charge in [-0.25, -0.2) is 9.97 Å². The first kappa shape index (κ1) is 49.0. The molecular weight excluding hydrogens is 1050 g/mol. The number of para-hydroxylation sites is 5. The molecule has 0 aliphatic carbocycles. The van der Waals surface area contributed by atoms with E-state index in [-0.39, 0.29) is 0 Å². The van der Waals surface area contributed by atoms with Gasteiger partial charge in [0.2, 0.25) is 11.8 Å². The van der Waals surface area contributed by atoms with E-state index in [1.54, 1.807) is 0 Å². The van der Waals surface area contributed by atoms with E-state index in [1.165, 1.54) is 65.9 Å². The molecule has 6 heteroatoms. The van der Waals surface area contributed by atoms with E-state index in [0.717, 1.165) is 89.2 Å². The number of fused-ring (bicyclic) bond motifs is 8. The van der Waals surface area contributed by atoms with Crippen LogP contribution in [0.2, 0.25) is 0 Å². The quantitative estimate of drug-likeness (QED) is 0.137. The van der Waals surface area contributed by atoms with Crippen molar-refractivity contribution in [2.75, 3.05) is 0 Å². The zero-order valence-electron chi connectivity index (χ0n) is 46.5. The summed E-state index contributed by atoms with van der Waals surface area (Å²) in [6.45, 7) is 0. The summed E-state index contributed by atoms with van der Waals surface area (Å²) in [6.07, 6.45) is 0. The van der Waals surface area contributed by atoms with E-state index in [4.69, 9.17) is 13.8 Å². The van der Waals surface area contributed by atoms with Crippen molar-refractivity contribution in [3.8, 4) is 101 Å². The Balaban J connectivity index is 0.573. The monoisotopic (exact) mass is 1100 g/mol. The second-order valence-electron chi connectivity index (χ2n) is 22.1. The lowest BCUT2D eigenvalue weighted by molar-refractivity contribution is 0.619. The summed E-state index contributed by atoms with van der Waals surface area (Å²) in [5.74, 6) is 1.24. The number of hydrogen-bond donors (Lipinski definition) is 0. The van der Waals surface area contributed by atoms with E-state index in [9.17, 15) is 0 Å². The fraction of sp³-hybridized carbons (Fsp3) is 0. The average molecular weight is 1100 g/mol. The number of nitrogens with zero attached hydrogens (tertiary/aromatic N) is 4. The standard InChI is InChI=1S/C80H50N4O2/c1-2-10-65(11-3-1)83-73-15-7-4-12-67(73)69-48-62(40-45-75(69)83)57-24-20-52(21-25-57)55-32-36-61(37-33-55)80-82-72-50-64(42-47-78(72)86-80)59-28-22-53(23-29-59)56-38-43-66(44-39-56)84-74-16-8-5-13-68(74)70-49-63(41-46-76(70)84)58-26-18-51(19-27-58)54-30-34-60(35-31-54)79-81-71-14-6-9-17-77(71)85-79/h1-50H. The topological polar surface area (TPSA) is 61.9 Å². The number of oxazole rings is 2. The van der Waals surface area contributed by atoms with Crippen LogP contribution in [0.15, 0.2) is 312 Å². The second-order valence-corrected chi connectivity index (χ2v) is 22.1. The van der Waals surface area contributed by atoms with Crippen LogP contribution in [-0.4, -0.2) is 19.1 Å². The van der Waals surface area contributed by atoms with E-state index >= 15 is 0 Å². The van der Waals surface area contributed by atoms with Crippen molar-refractivity contribution >= 4 is 65.8 Å². The van der Waals surface area contributed by atoms with Crippen molar-refractivity contribution in [1.29, 1.82) is 0 Å². The molecule has 0 amide bonds.